The Morgan fingerprint density at radius 3 is 2.47 bits per heavy atom. The molecule has 4 rings (SSSR count). The maximum atomic E-state index is 12.5. The molecule has 0 bridgehead atoms. The Morgan fingerprint density at radius 1 is 0.971 bits per heavy atom. The normalized spacial score (nSPS) is 16.1. The zero-order valence-electron chi connectivity index (χ0n) is 19.6. The average Bonchev–Trinajstić information content (AvgIpc) is 3.08. The highest BCUT2D eigenvalue weighted by atomic mass is 35.5. The van der Waals surface area contributed by atoms with Crippen molar-refractivity contribution in [3.05, 3.63) is 94.5 Å². The van der Waals surface area contributed by atoms with Gasteiger partial charge in [0.15, 0.2) is 0 Å². The van der Waals surface area contributed by atoms with Gasteiger partial charge in [-0.2, -0.15) is 0 Å². The molecule has 5 nitrogen and oxygen atoms in total. The molecule has 1 fully saturated rings. The van der Waals surface area contributed by atoms with Gasteiger partial charge in [-0.05, 0) is 60.8 Å². The van der Waals surface area contributed by atoms with E-state index in [9.17, 15) is 9.90 Å². The number of phenolic OH excluding ortho intramolecular Hbond substituents is 1. The Morgan fingerprint density at radius 2 is 1.71 bits per heavy atom. The van der Waals surface area contributed by atoms with Crippen LogP contribution in [0.3, 0.4) is 0 Å². The number of benzene rings is 3. The van der Waals surface area contributed by atoms with Gasteiger partial charge < -0.3 is 15.3 Å². The largest absolute Gasteiger partial charge is 0.506 e. The number of anilines is 1. The molecular formula is C28H32ClN3O2. The summed E-state index contributed by atoms with van der Waals surface area (Å²) in [7, 11) is 0. The fourth-order valence-corrected chi connectivity index (χ4v) is 4.72. The zero-order valence-corrected chi connectivity index (χ0v) is 20.3. The second-order valence-electron chi connectivity index (χ2n) is 8.91. The number of hydrogen-bond acceptors (Lipinski definition) is 4. The molecule has 0 aromatic heterocycles. The molecule has 0 radical (unpaired) electrons. The van der Waals surface area contributed by atoms with Crippen molar-refractivity contribution in [3.63, 3.8) is 0 Å². The van der Waals surface area contributed by atoms with E-state index in [1.54, 1.807) is 12.1 Å². The van der Waals surface area contributed by atoms with Gasteiger partial charge in [0.2, 0.25) is 5.91 Å². The van der Waals surface area contributed by atoms with E-state index in [4.69, 9.17) is 11.6 Å². The second kappa shape index (κ2) is 11.5. The van der Waals surface area contributed by atoms with Crippen LogP contribution in [0.25, 0.3) is 0 Å². The van der Waals surface area contributed by atoms with Gasteiger partial charge in [-0.3, -0.25) is 9.69 Å². The van der Waals surface area contributed by atoms with Crippen molar-refractivity contribution in [3.8, 4) is 5.75 Å². The molecule has 1 heterocycles. The minimum Gasteiger partial charge on any atom is -0.506 e. The third-order valence-electron chi connectivity index (χ3n) is 6.37. The molecule has 178 valence electrons. The summed E-state index contributed by atoms with van der Waals surface area (Å²) in [6.07, 6.45) is 1.43. The predicted molar refractivity (Wildman–Crippen MR) is 138 cm³/mol. The fourth-order valence-electron chi connectivity index (χ4n) is 4.59. The summed E-state index contributed by atoms with van der Waals surface area (Å²) in [5, 5.41) is 13.6. The third-order valence-corrected chi connectivity index (χ3v) is 6.62. The maximum absolute atomic E-state index is 12.5. The Kier molecular flexibility index (Phi) is 8.22. The zero-order chi connectivity index (χ0) is 23.9. The third kappa shape index (κ3) is 6.38. The Hall–Kier alpha value is -2.86. The summed E-state index contributed by atoms with van der Waals surface area (Å²) in [6.45, 7) is 6.40. The highest BCUT2D eigenvalue weighted by Gasteiger charge is 2.25. The number of hydrogen-bond donors (Lipinski definition) is 2. The quantitative estimate of drug-likeness (QED) is 0.442. The Labute approximate surface area is 207 Å². The van der Waals surface area contributed by atoms with Crippen molar-refractivity contribution in [1.82, 2.24) is 9.80 Å². The average molecular weight is 478 g/mol. The minimum absolute atomic E-state index is 0.0784. The number of halogens is 1. The summed E-state index contributed by atoms with van der Waals surface area (Å²) in [5.41, 5.74) is 3.98. The summed E-state index contributed by atoms with van der Waals surface area (Å²) >= 11 is 6.15. The van der Waals surface area contributed by atoms with Crippen molar-refractivity contribution in [2.45, 2.75) is 25.8 Å². The monoisotopic (exact) mass is 477 g/mol. The molecule has 6 heteroatoms. The first-order valence-electron chi connectivity index (χ1n) is 11.9. The van der Waals surface area contributed by atoms with Crippen LogP contribution in [0.2, 0.25) is 5.02 Å². The number of nitrogens with zero attached hydrogens (tertiary/aromatic N) is 2. The molecule has 1 aliphatic rings. The molecule has 1 unspecified atom stereocenters. The summed E-state index contributed by atoms with van der Waals surface area (Å²) in [5.74, 6) is 0.0175. The molecule has 0 spiro atoms. The van der Waals surface area contributed by atoms with Crippen molar-refractivity contribution in [2.24, 2.45) is 0 Å². The molecule has 34 heavy (non-hydrogen) atoms. The highest BCUT2D eigenvalue weighted by molar-refractivity contribution is 6.30. The number of aryl methyl sites for hydroxylation is 1. The van der Waals surface area contributed by atoms with Crippen LogP contribution in [0.5, 0.6) is 5.75 Å². The van der Waals surface area contributed by atoms with E-state index in [2.05, 4.69) is 51.5 Å². The van der Waals surface area contributed by atoms with Crippen LogP contribution in [0.1, 0.15) is 35.6 Å². The van der Waals surface area contributed by atoms with Crippen LogP contribution in [-0.2, 0) is 4.79 Å². The lowest BCUT2D eigenvalue weighted by Crippen LogP contribution is -2.35. The van der Waals surface area contributed by atoms with Gasteiger partial charge in [0, 0.05) is 37.6 Å². The minimum atomic E-state index is -0.0784. The van der Waals surface area contributed by atoms with E-state index in [0.29, 0.717) is 18.7 Å². The van der Waals surface area contributed by atoms with Crippen LogP contribution in [-0.4, -0.2) is 53.5 Å². The molecule has 1 aliphatic heterocycles. The number of rotatable bonds is 7. The van der Waals surface area contributed by atoms with Crippen molar-refractivity contribution in [2.75, 3.05) is 38.0 Å². The summed E-state index contributed by atoms with van der Waals surface area (Å²) < 4.78 is 0. The number of carbonyl (C=O) groups excluding carboxylic acids is 1. The van der Waals surface area contributed by atoms with E-state index in [-0.39, 0.29) is 17.7 Å². The van der Waals surface area contributed by atoms with Crippen LogP contribution in [0.15, 0.2) is 72.8 Å². The lowest BCUT2D eigenvalue weighted by molar-refractivity contribution is -0.116. The molecule has 1 amide bonds. The lowest BCUT2D eigenvalue weighted by atomic mass is 9.97. The van der Waals surface area contributed by atoms with Gasteiger partial charge in [-0.15, -0.1) is 0 Å². The number of aromatic hydroxyl groups is 1. The molecule has 1 saturated heterocycles. The number of nitrogens with one attached hydrogen (secondary N) is 1. The molecule has 3 aromatic carbocycles. The topological polar surface area (TPSA) is 55.8 Å². The van der Waals surface area contributed by atoms with Crippen LogP contribution < -0.4 is 5.32 Å². The number of amides is 1. The molecule has 1 atom stereocenters. The number of phenols is 1. The first-order valence-corrected chi connectivity index (χ1v) is 12.2. The van der Waals surface area contributed by atoms with E-state index < -0.39 is 0 Å². The molecular weight excluding hydrogens is 446 g/mol. The van der Waals surface area contributed by atoms with Crippen LogP contribution >= 0.6 is 11.6 Å². The molecule has 3 aromatic rings. The smallest absolute Gasteiger partial charge is 0.225 e. The fraction of sp³-hybridized carbons (Fsp3) is 0.321. The van der Waals surface area contributed by atoms with Gasteiger partial charge in [-0.1, -0.05) is 60.1 Å². The standard InChI is InChI=1S/C28H32ClN3O2/c1-21-8-13-26(33)25(20-21)30-27(34)14-17-31-15-5-16-32(19-18-31)28(22-6-3-2-4-7-22)23-9-11-24(29)12-10-23/h2-4,6-13,20,28,33H,5,14-19H2,1H3,(H,30,34). The number of carbonyl (C=O) groups is 1. The van der Waals surface area contributed by atoms with Gasteiger partial charge in [-0.25, -0.2) is 0 Å². The molecule has 0 saturated carbocycles. The van der Waals surface area contributed by atoms with Gasteiger partial charge >= 0.3 is 0 Å². The van der Waals surface area contributed by atoms with E-state index in [1.165, 1.54) is 11.1 Å². The van der Waals surface area contributed by atoms with Crippen molar-refractivity contribution < 1.29 is 9.90 Å². The van der Waals surface area contributed by atoms with Crippen molar-refractivity contribution in [1.29, 1.82) is 0 Å². The molecule has 0 aliphatic carbocycles. The maximum Gasteiger partial charge on any atom is 0.225 e. The predicted octanol–water partition coefficient (Wildman–Crippen LogP) is 5.48. The summed E-state index contributed by atoms with van der Waals surface area (Å²) in [4.78, 5) is 17.4. The van der Waals surface area contributed by atoms with Gasteiger partial charge in [0.25, 0.3) is 0 Å². The first-order chi connectivity index (χ1) is 16.5. The van der Waals surface area contributed by atoms with Crippen LogP contribution in [0.4, 0.5) is 5.69 Å². The van der Waals surface area contributed by atoms with Gasteiger partial charge in [0.1, 0.15) is 5.75 Å². The Bertz CT molecular complexity index is 1090. The lowest BCUT2D eigenvalue weighted by Gasteiger charge is -2.31. The Balaban J connectivity index is 1.38. The molecule has 2 N–H and O–H groups in total. The summed E-state index contributed by atoms with van der Waals surface area (Å²) in [6, 6.07) is 24.2. The van der Waals surface area contributed by atoms with E-state index in [1.807, 2.05) is 31.2 Å². The van der Waals surface area contributed by atoms with Crippen molar-refractivity contribution >= 4 is 23.2 Å². The van der Waals surface area contributed by atoms with E-state index >= 15 is 0 Å². The van der Waals surface area contributed by atoms with E-state index in [0.717, 1.165) is 43.2 Å². The highest BCUT2D eigenvalue weighted by Crippen LogP contribution is 2.30. The van der Waals surface area contributed by atoms with Crippen LogP contribution in [0, 0.1) is 6.92 Å². The SMILES string of the molecule is Cc1ccc(O)c(NC(=O)CCN2CCCN(C(c3ccccc3)c3ccc(Cl)cc3)CC2)c1. The second-order valence-corrected chi connectivity index (χ2v) is 9.35. The van der Waals surface area contributed by atoms with Gasteiger partial charge in [0.05, 0.1) is 11.7 Å². The first kappa shape index (κ1) is 24.3.